The fraction of sp³-hybridized carbons (Fsp3) is 0.938. The Balaban J connectivity index is 2.07. The van der Waals surface area contributed by atoms with Crippen LogP contribution in [0.15, 0.2) is 0 Å². The van der Waals surface area contributed by atoms with E-state index in [1.54, 1.807) is 0 Å². The Kier molecular flexibility index (Phi) is 4.75. The highest BCUT2D eigenvalue weighted by Gasteiger charge is 2.49. The van der Waals surface area contributed by atoms with Crippen molar-refractivity contribution < 1.29 is 14.3 Å². The lowest BCUT2D eigenvalue weighted by Gasteiger charge is -2.47. The number of hydrogen-bond donors (Lipinski definition) is 1. The molecule has 3 atom stereocenters. The van der Waals surface area contributed by atoms with E-state index < -0.39 is 5.54 Å². The molecule has 20 heavy (non-hydrogen) atoms. The first-order valence-corrected chi connectivity index (χ1v) is 7.85. The fourth-order valence-corrected chi connectivity index (χ4v) is 3.81. The Labute approximate surface area is 122 Å². The summed E-state index contributed by atoms with van der Waals surface area (Å²) in [6, 6.07) is 0. The quantitative estimate of drug-likeness (QED) is 0.805. The van der Waals surface area contributed by atoms with Gasteiger partial charge >= 0.3 is 5.97 Å². The molecule has 1 aliphatic heterocycles. The zero-order valence-electron chi connectivity index (χ0n) is 13.3. The van der Waals surface area contributed by atoms with Gasteiger partial charge in [-0.2, -0.15) is 0 Å². The predicted octanol–water partition coefficient (Wildman–Crippen LogP) is 2.51. The molecule has 2 aliphatic rings. The minimum Gasteiger partial charge on any atom is -0.468 e. The standard InChI is InChI=1S/C16H29NO3/c1-12-10-15(2,3)7-8-16(12,14(18)19-4)17-11-13-6-5-9-20-13/h12-13,17H,5-11H2,1-4H3. The van der Waals surface area contributed by atoms with Crippen molar-refractivity contribution >= 4 is 5.97 Å². The van der Waals surface area contributed by atoms with Crippen molar-refractivity contribution in [2.75, 3.05) is 20.3 Å². The molecule has 116 valence electrons. The summed E-state index contributed by atoms with van der Waals surface area (Å²) in [5, 5.41) is 3.52. The predicted molar refractivity (Wildman–Crippen MR) is 78.5 cm³/mol. The topological polar surface area (TPSA) is 47.6 Å². The molecule has 0 spiro atoms. The van der Waals surface area contributed by atoms with Crippen LogP contribution in [-0.2, 0) is 14.3 Å². The number of rotatable bonds is 4. The minimum atomic E-state index is -0.532. The molecular weight excluding hydrogens is 254 g/mol. The lowest BCUT2D eigenvalue weighted by Crippen LogP contribution is -2.61. The first-order valence-electron chi connectivity index (χ1n) is 7.85. The van der Waals surface area contributed by atoms with Crippen molar-refractivity contribution in [3.63, 3.8) is 0 Å². The van der Waals surface area contributed by atoms with Crippen LogP contribution >= 0.6 is 0 Å². The highest BCUT2D eigenvalue weighted by molar-refractivity contribution is 5.81. The van der Waals surface area contributed by atoms with E-state index in [0.717, 1.165) is 45.3 Å². The number of nitrogens with one attached hydrogen (secondary N) is 1. The first-order chi connectivity index (χ1) is 9.39. The number of esters is 1. The summed E-state index contributed by atoms with van der Waals surface area (Å²) < 4.78 is 10.8. The maximum Gasteiger partial charge on any atom is 0.326 e. The van der Waals surface area contributed by atoms with Crippen LogP contribution in [0.5, 0.6) is 0 Å². The van der Waals surface area contributed by atoms with Crippen LogP contribution in [0.1, 0.15) is 52.9 Å². The van der Waals surface area contributed by atoms with Gasteiger partial charge in [-0.1, -0.05) is 20.8 Å². The van der Waals surface area contributed by atoms with E-state index in [0.29, 0.717) is 5.41 Å². The van der Waals surface area contributed by atoms with Gasteiger partial charge in [0.1, 0.15) is 5.54 Å². The van der Waals surface area contributed by atoms with Gasteiger partial charge in [-0.3, -0.25) is 10.1 Å². The average molecular weight is 283 g/mol. The monoisotopic (exact) mass is 283 g/mol. The molecule has 1 aliphatic carbocycles. The summed E-state index contributed by atoms with van der Waals surface area (Å²) in [6.45, 7) is 8.33. The summed E-state index contributed by atoms with van der Waals surface area (Å²) in [7, 11) is 1.49. The van der Waals surface area contributed by atoms with Crippen LogP contribution in [0.2, 0.25) is 0 Å². The van der Waals surface area contributed by atoms with Crippen molar-refractivity contribution in [2.24, 2.45) is 11.3 Å². The van der Waals surface area contributed by atoms with Gasteiger partial charge in [0.05, 0.1) is 13.2 Å². The normalized spacial score (nSPS) is 36.8. The number of methoxy groups -OCH3 is 1. The molecule has 1 heterocycles. The second-order valence-corrected chi connectivity index (χ2v) is 7.25. The molecular formula is C16H29NO3. The first kappa shape index (κ1) is 15.8. The molecule has 0 aromatic rings. The molecule has 0 radical (unpaired) electrons. The largest absolute Gasteiger partial charge is 0.468 e. The van der Waals surface area contributed by atoms with E-state index in [1.165, 1.54) is 7.11 Å². The number of carbonyl (C=O) groups excluding carboxylic acids is 1. The van der Waals surface area contributed by atoms with Crippen molar-refractivity contribution in [1.29, 1.82) is 0 Å². The molecule has 0 aromatic carbocycles. The van der Waals surface area contributed by atoms with Gasteiger partial charge in [0.15, 0.2) is 0 Å². The Bertz CT molecular complexity index is 350. The van der Waals surface area contributed by atoms with Gasteiger partial charge in [-0.25, -0.2) is 0 Å². The van der Waals surface area contributed by atoms with Gasteiger partial charge < -0.3 is 9.47 Å². The molecule has 0 aromatic heterocycles. The molecule has 2 rings (SSSR count). The summed E-state index contributed by atoms with van der Waals surface area (Å²) in [5.41, 5.74) is -0.224. The van der Waals surface area contributed by atoms with E-state index in [-0.39, 0.29) is 18.0 Å². The van der Waals surface area contributed by atoms with Gasteiger partial charge in [0.25, 0.3) is 0 Å². The highest BCUT2D eigenvalue weighted by atomic mass is 16.5. The van der Waals surface area contributed by atoms with E-state index in [1.807, 2.05) is 0 Å². The molecule has 3 unspecified atom stereocenters. The highest BCUT2D eigenvalue weighted by Crippen LogP contribution is 2.44. The molecule has 1 saturated heterocycles. The molecule has 2 fully saturated rings. The van der Waals surface area contributed by atoms with E-state index in [2.05, 4.69) is 26.1 Å². The third kappa shape index (κ3) is 3.17. The molecule has 0 amide bonds. The van der Waals surface area contributed by atoms with Gasteiger partial charge in [-0.05, 0) is 43.4 Å². The second kappa shape index (κ2) is 6.02. The lowest BCUT2D eigenvalue weighted by molar-refractivity contribution is -0.154. The molecule has 1 N–H and O–H groups in total. The maximum atomic E-state index is 12.4. The van der Waals surface area contributed by atoms with Crippen LogP contribution in [0.25, 0.3) is 0 Å². The van der Waals surface area contributed by atoms with Crippen LogP contribution in [-0.4, -0.2) is 37.9 Å². The number of carbonyl (C=O) groups is 1. The molecule has 1 saturated carbocycles. The van der Waals surface area contributed by atoms with Crippen molar-refractivity contribution in [3.05, 3.63) is 0 Å². The van der Waals surface area contributed by atoms with Crippen LogP contribution in [0.4, 0.5) is 0 Å². The summed E-state index contributed by atoms with van der Waals surface area (Å²) in [6.07, 6.45) is 5.40. The second-order valence-electron chi connectivity index (χ2n) is 7.25. The smallest absolute Gasteiger partial charge is 0.326 e. The van der Waals surface area contributed by atoms with Crippen molar-refractivity contribution in [1.82, 2.24) is 5.32 Å². The van der Waals surface area contributed by atoms with Gasteiger partial charge in [-0.15, -0.1) is 0 Å². The third-order valence-electron chi connectivity index (χ3n) is 5.11. The molecule has 0 bridgehead atoms. The van der Waals surface area contributed by atoms with Crippen LogP contribution < -0.4 is 5.32 Å². The summed E-state index contributed by atoms with van der Waals surface area (Å²) in [5.74, 6) is 0.165. The van der Waals surface area contributed by atoms with E-state index >= 15 is 0 Å². The fourth-order valence-electron chi connectivity index (χ4n) is 3.81. The van der Waals surface area contributed by atoms with E-state index in [9.17, 15) is 4.79 Å². The SMILES string of the molecule is COC(=O)C1(NCC2CCCO2)CCC(C)(C)CC1C. The average Bonchev–Trinajstić information content (AvgIpc) is 2.90. The number of ether oxygens (including phenoxy) is 2. The van der Waals surface area contributed by atoms with Gasteiger partial charge in [0.2, 0.25) is 0 Å². The Morgan fingerprint density at radius 3 is 2.70 bits per heavy atom. The van der Waals surface area contributed by atoms with Crippen molar-refractivity contribution in [2.45, 2.75) is 64.5 Å². The minimum absolute atomic E-state index is 0.113. The van der Waals surface area contributed by atoms with Crippen LogP contribution in [0.3, 0.4) is 0 Å². The van der Waals surface area contributed by atoms with Crippen LogP contribution in [0, 0.1) is 11.3 Å². The Morgan fingerprint density at radius 2 is 2.15 bits per heavy atom. The molecule has 4 nitrogen and oxygen atoms in total. The van der Waals surface area contributed by atoms with E-state index in [4.69, 9.17) is 9.47 Å². The maximum absolute atomic E-state index is 12.4. The number of hydrogen-bond acceptors (Lipinski definition) is 4. The summed E-state index contributed by atoms with van der Waals surface area (Å²) >= 11 is 0. The lowest BCUT2D eigenvalue weighted by atomic mass is 9.63. The third-order valence-corrected chi connectivity index (χ3v) is 5.11. The van der Waals surface area contributed by atoms with Crippen molar-refractivity contribution in [3.8, 4) is 0 Å². The Hall–Kier alpha value is -0.610. The summed E-state index contributed by atoms with van der Waals surface area (Å²) in [4.78, 5) is 12.4. The molecule has 4 heteroatoms. The van der Waals surface area contributed by atoms with Gasteiger partial charge in [0, 0.05) is 13.2 Å². The zero-order chi connectivity index (χ0) is 14.8. The zero-order valence-corrected chi connectivity index (χ0v) is 13.3. The Morgan fingerprint density at radius 1 is 1.40 bits per heavy atom.